The summed E-state index contributed by atoms with van der Waals surface area (Å²) in [7, 11) is 0. The number of rotatable bonds is 3. The van der Waals surface area contributed by atoms with E-state index in [0.717, 1.165) is 30.4 Å². The minimum atomic E-state index is 0.538. The molecule has 98 valence electrons. The predicted molar refractivity (Wildman–Crippen MR) is 70.0 cm³/mol. The summed E-state index contributed by atoms with van der Waals surface area (Å²) in [6.07, 6.45) is 8.81. The quantitative estimate of drug-likeness (QED) is 0.815. The van der Waals surface area contributed by atoms with E-state index in [2.05, 4.69) is 19.2 Å². The van der Waals surface area contributed by atoms with Crippen LogP contribution in [0.3, 0.4) is 0 Å². The van der Waals surface area contributed by atoms with Crippen LogP contribution >= 0.6 is 0 Å². The molecular formula is C15H27NO. The monoisotopic (exact) mass is 237 g/mol. The maximum absolute atomic E-state index is 5.94. The molecule has 1 aliphatic heterocycles. The van der Waals surface area contributed by atoms with Gasteiger partial charge in [0, 0.05) is 18.7 Å². The van der Waals surface area contributed by atoms with Crippen molar-refractivity contribution in [3.8, 4) is 0 Å². The van der Waals surface area contributed by atoms with Crippen molar-refractivity contribution in [3.05, 3.63) is 0 Å². The zero-order valence-corrected chi connectivity index (χ0v) is 11.3. The Labute approximate surface area is 105 Å². The number of hydrogen-bond donors (Lipinski definition) is 1. The van der Waals surface area contributed by atoms with Crippen molar-refractivity contribution in [1.82, 2.24) is 5.32 Å². The van der Waals surface area contributed by atoms with Crippen LogP contribution in [0.15, 0.2) is 0 Å². The standard InChI is InChI=1S/C15H27NO/c1-10-4-3-5-11(2)14(10)16-13-8-9-17-15(13)12-6-7-12/h10-16H,3-9H2,1-2H3. The molecule has 0 aromatic carbocycles. The van der Waals surface area contributed by atoms with Crippen molar-refractivity contribution in [1.29, 1.82) is 0 Å². The lowest BCUT2D eigenvalue weighted by atomic mass is 9.78. The van der Waals surface area contributed by atoms with E-state index in [1.54, 1.807) is 0 Å². The van der Waals surface area contributed by atoms with E-state index in [1.165, 1.54) is 38.5 Å². The molecule has 2 saturated carbocycles. The lowest BCUT2D eigenvalue weighted by molar-refractivity contribution is 0.0712. The van der Waals surface area contributed by atoms with Gasteiger partial charge in [-0.2, -0.15) is 0 Å². The molecule has 2 aliphatic carbocycles. The molecule has 0 aromatic rings. The van der Waals surface area contributed by atoms with Gasteiger partial charge in [-0.3, -0.25) is 0 Å². The van der Waals surface area contributed by atoms with Gasteiger partial charge in [0.2, 0.25) is 0 Å². The number of ether oxygens (including phenoxy) is 1. The largest absolute Gasteiger partial charge is 0.376 e. The number of nitrogens with one attached hydrogen (secondary N) is 1. The lowest BCUT2D eigenvalue weighted by Crippen LogP contribution is -2.50. The molecule has 3 fully saturated rings. The third-order valence-electron chi connectivity index (χ3n) is 5.17. The third kappa shape index (κ3) is 2.53. The Morgan fingerprint density at radius 1 is 0.941 bits per heavy atom. The molecule has 4 atom stereocenters. The van der Waals surface area contributed by atoms with Crippen molar-refractivity contribution < 1.29 is 4.74 Å². The smallest absolute Gasteiger partial charge is 0.0757 e. The van der Waals surface area contributed by atoms with Gasteiger partial charge in [0.1, 0.15) is 0 Å². The second-order valence-corrected chi connectivity index (χ2v) is 6.65. The molecule has 0 amide bonds. The zero-order valence-electron chi connectivity index (χ0n) is 11.3. The molecule has 0 radical (unpaired) electrons. The molecule has 17 heavy (non-hydrogen) atoms. The average molecular weight is 237 g/mol. The van der Waals surface area contributed by atoms with Crippen molar-refractivity contribution >= 4 is 0 Å². The van der Waals surface area contributed by atoms with Crippen LogP contribution in [-0.2, 0) is 4.74 Å². The maximum atomic E-state index is 5.94. The molecule has 4 unspecified atom stereocenters. The fourth-order valence-electron chi connectivity index (χ4n) is 3.94. The highest BCUT2D eigenvalue weighted by atomic mass is 16.5. The SMILES string of the molecule is CC1CCCC(C)C1NC1CCOC1C1CC1. The van der Waals surface area contributed by atoms with Crippen LogP contribution in [0.5, 0.6) is 0 Å². The Kier molecular flexibility index (Phi) is 3.45. The maximum Gasteiger partial charge on any atom is 0.0757 e. The molecular weight excluding hydrogens is 210 g/mol. The van der Waals surface area contributed by atoms with Gasteiger partial charge < -0.3 is 10.1 Å². The van der Waals surface area contributed by atoms with Crippen molar-refractivity contribution in [2.75, 3.05) is 6.61 Å². The Morgan fingerprint density at radius 2 is 1.65 bits per heavy atom. The molecule has 1 heterocycles. The van der Waals surface area contributed by atoms with Gasteiger partial charge in [-0.05, 0) is 49.9 Å². The average Bonchev–Trinajstić information content (AvgIpc) is 3.04. The van der Waals surface area contributed by atoms with E-state index in [0.29, 0.717) is 12.1 Å². The van der Waals surface area contributed by atoms with Crippen LogP contribution in [0.4, 0.5) is 0 Å². The molecule has 0 aromatic heterocycles. The summed E-state index contributed by atoms with van der Waals surface area (Å²) in [5, 5.41) is 3.96. The highest BCUT2D eigenvalue weighted by molar-refractivity contribution is 4.96. The van der Waals surface area contributed by atoms with E-state index in [1.807, 2.05) is 0 Å². The second-order valence-electron chi connectivity index (χ2n) is 6.65. The fourth-order valence-corrected chi connectivity index (χ4v) is 3.94. The van der Waals surface area contributed by atoms with Crippen LogP contribution in [-0.4, -0.2) is 24.8 Å². The van der Waals surface area contributed by atoms with Crippen LogP contribution in [0.2, 0.25) is 0 Å². The molecule has 1 saturated heterocycles. The highest BCUT2D eigenvalue weighted by Gasteiger charge is 2.42. The van der Waals surface area contributed by atoms with Crippen molar-refractivity contribution in [2.24, 2.45) is 17.8 Å². The van der Waals surface area contributed by atoms with Gasteiger partial charge in [0.25, 0.3) is 0 Å². The topological polar surface area (TPSA) is 21.3 Å². The van der Waals surface area contributed by atoms with E-state index >= 15 is 0 Å². The molecule has 2 nitrogen and oxygen atoms in total. The van der Waals surface area contributed by atoms with Gasteiger partial charge in [-0.25, -0.2) is 0 Å². The zero-order chi connectivity index (χ0) is 11.8. The minimum absolute atomic E-state index is 0.538. The van der Waals surface area contributed by atoms with E-state index < -0.39 is 0 Å². The van der Waals surface area contributed by atoms with Gasteiger partial charge >= 0.3 is 0 Å². The minimum Gasteiger partial charge on any atom is -0.376 e. The summed E-state index contributed by atoms with van der Waals surface area (Å²) in [5.74, 6) is 2.57. The summed E-state index contributed by atoms with van der Waals surface area (Å²) in [5.41, 5.74) is 0. The first-order valence-electron chi connectivity index (χ1n) is 7.63. The fraction of sp³-hybridized carbons (Fsp3) is 1.00. The molecule has 3 rings (SSSR count). The van der Waals surface area contributed by atoms with Crippen LogP contribution in [0.1, 0.15) is 52.4 Å². The van der Waals surface area contributed by atoms with Crippen LogP contribution in [0, 0.1) is 17.8 Å². The summed E-state index contributed by atoms with van der Waals surface area (Å²) < 4.78 is 5.94. The Morgan fingerprint density at radius 3 is 2.29 bits per heavy atom. The van der Waals surface area contributed by atoms with Gasteiger partial charge in [0.05, 0.1) is 6.10 Å². The first-order chi connectivity index (χ1) is 8.25. The normalized spacial score (nSPS) is 47.3. The Hall–Kier alpha value is -0.0800. The molecule has 3 aliphatic rings. The van der Waals surface area contributed by atoms with Crippen molar-refractivity contribution in [2.45, 2.75) is 70.6 Å². The van der Waals surface area contributed by atoms with Gasteiger partial charge in [-0.1, -0.05) is 20.3 Å². The van der Waals surface area contributed by atoms with Crippen LogP contribution < -0.4 is 5.32 Å². The second kappa shape index (κ2) is 4.89. The summed E-state index contributed by atoms with van der Waals surface area (Å²) >= 11 is 0. The van der Waals surface area contributed by atoms with E-state index in [4.69, 9.17) is 4.74 Å². The van der Waals surface area contributed by atoms with Gasteiger partial charge in [-0.15, -0.1) is 0 Å². The highest BCUT2D eigenvalue weighted by Crippen LogP contribution is 2.39. The predicted octanol–water partition coefficient (Wildman–Crippen LogP) is 2.97. The molecule has 0 spiro atoms. The number of hydrogen-bond acceptors (Lipinski definition) is 2. The van der Waals surface area contributed by atoms with Crippen molar-refractivity contribution in [3.63, 3.8) is 0 Å². The molecule has 2 heteroatoms. The first kappa shape index (κ1) is 12.0. The van der Waals surface area contributed by atoms with Gasteiger partial charge in [0.15, 0.2) is 0 Å². The Balaban J connectivity index is 1.60. The third-order valence-corrected chi connectivity index (χ3v) is 5.17. The summed E-state index contributed by atoms with van der Waals surface area (Å²) in [6.45, 7) is 5.83. The Bertz CT molecular complexity index is 254. The molecule has 1 N–H and O–H groups in total. The van der Waals surface area contributed by atoms with E-state index in [-0.39, 0.29) is 0 Å². The van der Waals surface area contributed by atoms with E-state index in [9.17, 15) is 0 Å². The summed E-state index contributed by atoms with van der Waals surface area (Å²) in [4.78, 5) is 0. The molecule has 0 bridgehead atoms. The lowest BCUT2D eigenvalue weighted by Gasteiger charge is -2.38. The first-order valence-corrected chi connectivity index (χ1v) is 7.63. The summed E-state index contributed by atoms with van der Waals surface area (Å²) in [6, 6.07) is 1.38. The van der Waals surface area contributed by atoms with Crippen LogP contribution in [0.25, 0.3) is 0 Å².